The molecule has 0 aliphatic heterocycles. The third-order valence-electron chi connectivity index (χ3n) is 4.72. The Kier molecular flexibility index (Phi) is 7.92. The van der Waals surface area contributed by atoms with Gasteiger partial charge in [-0.15, -0.1) is 0 Å². The van der Waals surface area contributed by atoms with E-state index in [1.54, 1.807) is 24.3 Å². The highest BCUT2D eigenvalue weighted by Gasteiger charge is 2.45. The Morgan fingerprint density at radius 1 is 1.00 bits per heavy atom. The Morgan fingerprint density at radius 3 is 1.93 bits per heavy atom. The SMILES string of the molecule is CC(=O)O[C@H](C=O)[C@H](O[Si](C)(C)C(C)(C)C)[C@@H](OC(C)=O)c1ccccc1. The van der Waals surface area contributed by atoms with Crippen LogP contribution in [0.4, 0.5) is 0 Å². The predicted molar refractivity (Wildman–Crippen MR) is 105 cm³/mol. The average Bonchev–Trinajstić information content (AvgIpc) is 2.55. The van der Waals surface area contributed by atoms with Crippen LogP contribution in [-0.4, -0.2) is 38.8 Å². The maximum Gasteiger partial charge on any atom is 0.303 e. The van der Waals surface area contributed by atoms with Gasteiger partial charge >= 0.3 is 11.9 Å². The van der Waals surface area contributed by atoms with Gasteiger partial charge in [-0.05, 0) is 23.7 Å². The lowest BCUT2D eigenvalue weighted by molar-refractivity contribution is -0.168. The first-order chi connectivity index (χ1) is 12.4. The molecule has 0 saturated carbocycles. The first-order valence-corrected chi connectivity index (χ1v) is 11.8. The van der Waals surface area contributed by atoms with E-state index >= 15 is 0 Å². The second kappa shape index (κ2) is 9.28. The van der Waals surface area contributed by atoms with Crippen LogP contribution in [0.25, 0.3) is 0 Å². The molecule has 150 valence electrons. The minimum atomic E-state index is -2.39. The molecule has 0 radical (unpaired) electrons. The largest absolute Gasteiger partial charge is 0.455 e. The summed E-state index contributed by atoms with van der Waals surface area (Å²) in [6, 6.07) is 9.01. The number of aldehydes is 1. The van der Waals surface area contributed by atoms with E-state index in [2.05, 4.69) is 20.8 Å². The summed E-state index contributed by atoms with van der Waals surface area (Å²) in [5.41, 5.74) is 0.662. The standard InChI is InChI=1S/C20H30O6Si/c1-14(22)24-17(13-21)19(26-27(6,7)20(3,4)5)18(25-15(2)23)16-11-9-8-10-12-16/h8-13,17-19H,1-7H3/t17-,18+,19+/m1/s1. The molecule has 0 saturated heterocycles. The third-order valence-corrected chi connectivity index (χ3v) is 9.19. The Balaban J connectivity index is 3.43. The predicted octanol–water partition coefficient (Wildman–Crippen LogP) is 3.81. The first-order valence-electron chi connectivity index (χ1n) is 8.91. The molecule has 6 nitrogen and oxygen atoms in total. The second-order valence-corrected chi connectivity index (χ2v) is 12.7. The normalized spacial score (nSPS) is 15.4. The fourth-order valence-corrected chi connectivity index (χ4v) is 3.62. The molecule has 27 heavy (non-hydrogen) atoms. The molecule has 3 atom stereocenters. The summed E-state index contributed by atoms with van der Waals surface area (Å²) in [5, 5.41) is -0.160. The molecule has 1 rings (SSSR count). The van der Waals surface area contributed by atoms with E-state index in [9.17, 15) is 14.4 Å². The molecule has 0 aliphatic rings. The number of rotatable bonds is 8. The van der Waals surface area contributed by atoms with Crippen molar-refractivity contribution in [2.24, 2.45) is 0 Å². The Labute approximate surface area is 162 Å². The quantitative estimate of drug-likeness (QED) is 0.379. The number of hydrogen-bond acceptors (Lipinski definition) is 6. The molecule has 0 unspecified atom stereocenters. The first kappa shape index (κ1) is 23.0. The van der Waals surface area contributed by atoms with Crippen LogP contribution >= 0.6 is 0 Å². The van der Waals surface area contributed by atoms with Crippen molar-refractivity contribution in [2.45, 2.75) is 71.1 Å². The van der Waals surface area contributed by atoms with E-state index in [1.807, 2.05) is 19.2 Å². The van der Waals surface area contributed by atoms with Gasteiger partial charge in [-0.1, -0.05) is 51.1 Å². The number of carbonyl (C=O) groups excluding carboxylic acids is 3. The van der Waals surface area contributed by atoms with Gasteiger partial charge in [0, 0.05) is 13.8 Å². The molecular weight excluding hydrogens is 364 g/mol. The number of esters is 2. The summed E-state index contributed by atoms with van der Waals surface area (Å²) in [4.78, 5) is 35.1. The molecule has 0 heterocycles. The van der Waals surface area contributed by atoms with E-state index in [-0.39, 0.29) is 5.04 Å². The highest BCUT2D eigenvalue weighted by molar-refractivity contribution is 6.74. The van der Waals surface area contributed by atoms with Gasteiger partial charge in [0.2, 0.25) is 0 Å². The topological polar surface area (TPSA) is 78.9 Å². The summed E-state index contributed by atoms with van der Waals surface area (Å²) in [6.45, 7) is 12.7. The fourth-order valence-electron chi connectivity index (χ4n) is 2.33. The van der Waals surface area contributed by atoms with Crippen molar-refractivity contribution < 1.29 is 28.3 Å². The molecule has 0 spiro atoms. The van der Waals surface area contributed by atoms with Gasteiger partial charge in [-0.25, -0.2) is 0 Å². The smallest absolute Gasteiger partial charge is 0.303 e. The Hall–Kier alpha value is -1.99. The molecule has 1 aromatic carbocycles. The summed E-state index contributed by atoms with van der Waals surface area (Å²) in [5.74, 6) is -1.12. The number of ether oxygens (including phenoxy) is 2. The van der Waals surface area contributed by atoms with E-state index < -0.39 is 38.6 Å². The average molecular weight is 395 g/mol. The van der Waals surface area contributed by atoms with Crippen LogP contribution < -0.4 is 0 Å². The van der Waals surface area contributed by atoms with Crippen LogP contribution in [0, 0.1) is 0 Å². The lowest BCUT2D eigenvalue weighted by Gasteiger charge is -2.42. The molecule has 0 aliphatic carbocycles. The Bertz CT molecular complexity index is 650. The van der Waals surface area contributed by atoms with Gasteiger partial charge in [0.15, 0.2) is 26.8 Å². The van der Waals surface area contributed by atoms with Gasteiger partial charge in [0.05, 0.1) is 0 Å². The molecule has 0 N–H and O–H groups in total. The van der Waals surface area contributed by atoms with E-state index in [0.29, 0.717) is 11.8 Å². The lowest BCUT2D eigenvalue weighted by Crippen LogP contribution is -2.51. The van der Waals surface area contributed by atoms with Crippen LogP contribution in [0.5, 0.6) is 0 Å². The van der Waals surface area contributed by atoms with Crippen molar-refractivity contribution >= 4 is 26.5 Å². The van der Waals surface area contributed by atoms with E-state index in [1.165, 1.54) is 13.8 Å². The van der Waals surface area contributed by atoms with Crippen LogP contribution in [0.1, 0.15) is 46.3 Å². The molecule has 0 aromatic heterocycles. The highest BCUT2D eigenvalue weighted by Crippen LogP contribution is 2.40. The van der Waals surface area contributed by atoms with Gasteiger partial charge in [0.1, 0.15) is 6.10 Å². The summed E-state index contributed by atoms with van der Waals surface area (Å²) >= 11 is 0. The van der Waals surface area contributed by atoms with Crippen LogP contribution in [0.15, 0.2) is 30.3 Å². The van der Waals surface area contributed by atoms with Gasteiger partial charge in [0.25, 0.3) is 0 Å². The van der Waals surface area contributed by atoms with Gasteiger partial charge in [-0.2, -0.15) is 0 Å². The van der Waals surface area contributed by atoms with E-state index in [0.717, 1.165) is 0 Å². The summed E-state index contributed by atoms with van der Waals surface area (Å²) < 4.78 is 17.2. The molecule has 7 heteroatoms. The highest BCUT2D eigenvalue weighted by atomic mass is 28.4. The monoisotopic (exact) mass is 394 g/mol. The van der Waals surface area contributed by atoms with Crippen LogP contribution in [0.2, 0.25) is 18.1 Å². The zero-order valence-corrected chi connectivity index (χ0v) is 18.1. The maximum atomic E-state index is 11.8. The summed E-state index contributed by atoms with van der Waals surface area (Å²) in [7, 11) is -2.39. The van der Waals surface area contributed by atoms with Crippen molar-refractivity contribution in [3.05, 3.63) is 35.9 Å². The maximum absolute atomic E-state index is 11.8. The van der Waals surface area contributed by atoms with Gasteiger partial charge < -0.3 is 13.9 Å². The molecule has 0 bridgehead atoms. The van der Waals surface area contributed by atoms with E-state index in [4.69, 9.17) is 13.9 Å². The van der Waals surface area contributed by atoms with Gasteiger partial charge in [-0.3, -0.25) is 14.4 Å². The second-order valence-electron chi connectivity index (χ2n) is 7.99. The van der Waals surface area contributed by atoms with Crippen molar-refractivity contribution in [1.29, 1.82) is 0 Å². The number of benzene rings is 1. The minimum absolute atomic E-state index is 0.160. The fraction of sp³-hybridized carbons (Fsp3) is 0.550. The molecular formula is C20H30O6Si. The van der Waals surface area contributed by atoms with Crippen molar-refractivity contribution in [3.8, 4) is 0 Å². The Morgan fingerprint density at radius 2 is 1.52 bits per heavy atom. The van der Waals surface area contributed by atoms with Crippen LogP contribution in [-0.2, 0) is 28.3 Å². The third kappa shape index (κ3) is 6.59. The summed E-state index contributed by atoms with van der Waals surface area (Å²) in [6.07, 6.45) is -2.49. The molecule has 0 amide bonds. The van der Waals surface area contributed by atoms with Crippen LogP contribution in [0.3, 0.4) is 0 Å². The number of hydrogen-bond donors (Lipinski definition) is 0. The molecule has 1 aromatic rings. The van der Waals surface area contributed by atoms with Crippen molar-refractivity contribution in [2.75, 3.05) is 0 Å². The van der Waals surface area contributed by atoms with Crippen molar-refractivity contribution in [3.63, 3.8) is 0 Å². The van der Waals surface area contributed by atoms with Crippen molar-refractivity contribution in [1.82, 2.24) is 0 Å². The minimum Gasteiger partial charge on any atom is -0.455 e. The molecule has 0 fully saturated rings. The zero-order valence-electron chi connectivity index (χ0n) is 17.1. The number of carbonyl (C=O) groups is 3. The lowest BCUT2D eigenvalue weighted by atomic mass is 10.0. The zero-order chi connectivity index (χ0) is 20.8.